The van der Waals surface area contributed by atoms with Crippen LogP contribution in [-0.2, 0) is 6.18 Å². The van der Waals surface area contributed by atoms with Crippen LogP contribution in [0.1, 0.15) is 31.9 Å². The lowest BCUT2D eigenvalue weighted by atomic mass is 9.89. The Morgan fingerprint density at radius 1 is 1.35 bits per heavy atom. The van der Waals surface area contributed by atoms with Crippen LogP contribution in [0.25, 0.3) is 0 Å². The van der Waals surface area contributed by atoms with Crippen molar-refractivity contribution in [3.05, 3.63) is 11.8 Å². The Labute approximate surface area is 114 Å². The summed E-state index contributed by atoms with van der Waals surface area (Å²) >= 11 is 0. The van der Waals surface area contributed by atoms with E-state index in [0.29, 0.717) is 19.4 Å². The number of hydrogen-bond acceptors (Lipinski definition) is 5. The van der Waals surface area contributed by atoms with Crippen molar-refractivity contribution in [1.29, 1.82) is 0 Å². The summed E-state index contributed by atoms with van der Waals surface area (Å²) in [5.74, 6) is 0.0897. The van der Waals surface area contributed by atoms with Crippen molar-refractivity contribution < 1.29 is 18.3 Å². The van der Waals surface area contributed by atoms with Crippen LogP contribution in [0.4, 0.5) is 24.9 Å². The largest absolute Gasteiger partial charge is 0.433 e. The molecule has 0 spiro atoms. The first kappa shape index (κ1) is 14.8. The van der Waals surface area contributed by atoms with Gasteiger partial charge in [0.05, 0.1) is 6.10 Å². The molecule has 5 nitrogen and oxygen atoms in total. The summed E-state index contributed by atoms with van der Waals surface area (Å²) in [6, 6.07) is 0.849. The highest BCUT2D eigenvalue weighted by Crippen LogP contribution is 2.31. The molecule has 2 rings (SSSR count). The van der Waals surface area contributed by atoms with Crippen molar-refractivity contribution in [2.75, 3.05) is 17.2 Å². The minimum atomic E-state index is -4.51. The molecule has 1 aromatic rings. The van der Waals surface area contributed by atoms with Crippen LogP contribution in [-0.4, -0.2) is 33.8 Å². The van der Waals surface area contributed by atoms with E-state index < -0.39 is 11.9 Å². The summed E-state index contributed by atoms with van der Waals surface area (Å²) in [5.41, 5.74) is -0.978. The van der Waals surface area contributed by atoms with Crippen molar-refractivity contribution in [1.82, 2.24) is 9.97 Å². The standard InChI is InChI=1S/C12H17F3N4O/c1-2-3-16-11-18-9(12(13,14)15)6-10(19-11)17-7-4-8(20)5-7/h6-8,20H,2-5H2,1H3,(H2,16,17,18,19). The highest BCUT2D eigenvalue weighted by atomic mass is 19.4. The van der Waals surface area contributed by atoms with E-state index in [0.717, 1.165) is 12.5 Å². The maximum Gasteiger partial charge on any atom is 0.433 e. The van der Waals surface area contributed by atoms with Gasteiger partial charge in [-0.1, -0.05) is 6.92 Å². The fourth-order valence-electron chi connectivity index (χ4n) is 1.90. The van der Waals surface area contributed by atoms with Gasteiger partial charge in [-0.2, -0.15) is 18.2 Å². The van der Waals surface area contributed by atoms with Crippen LogP contribution in [0.2, 0.25) is 0 Å². The molecule has 20 heavy (non-hydrogen) atoms. The summed E-state index contributed by atoms with van der Waals surface area (Å²) < 4.78 is 38.3. The van der Waals surface area contributed by atoms with E-state index in [2.05, 4.69) is 20.6 Å². The quantitative estimate of drug-likeness (QED) is 0.776. The third kappa shape index (κ3) is 3.72. The molecule has 3 N–H and O–H groups in total. The molecule has 0 unspecified atom stereocenters. The van der Waals surface area contributed by atoms with Gasteiger partial charge in [0.25, 0.3) is 0 Å². The van der Waals surface area contributed by atoms with E-state index in [1.165, 1.54) is 0 Å². The fourth-order valence-corrected chi connectivity index (χ4v) is 1.90. The zero-order valence-electron chi connectivity index (χ0n) is 11.0. The predicted octanol–water partition coefficient (Wildman–Crippen LogP) is 2.25. The normalized spacial score (nSPS) is 22.2. The number of aromatic nitrogens is 2. The molecule has 0 radical (unpaired) electrons. The minimum absolute atomic E-state index is 0.0379. The summed E-state index contributed by atoms with van der Waals surface area (Å²) in [6.45, 7) is 2.40. The van der Waals surface area contributed by atoms with Crippen molar-refractivity contribution >= 4 is 11.8 Å². The maximum atomic E-state index is 12.8. The molecule has 0 atom stereocenters. The Morgan fingerprint density at radius 2 is 2.05 bits per heavy atom. The number of nitrogens with zero attached hydrogens (tertiary/aromatic N) is 2. The topological polar surface area (TPSA) is 70.1 Å². The highest BCUT2D eigenvalue weighted by molar-refractivity contribution is 5.44. The molecule has 112 valence electrons. The molecule has 1 fully saturated rings. The molecule has 1 aliphatic rings. The molecule has 1 saturated carbocycles. The molecule has 0 bridgehead atoms. The fraction of sp³-hybridized carbons (Fsp3) is 0.667. The van der Waals surface area contributed by atoms with Gasteiger partial charge < -0.3 is 15.7 Å². The molecule has 0 saturated heterocycles. The first-order chi connectivity index (χ1) is 9.38. The first-order valence-electron chi connectivity index (χ1n) is 6.53. The van der Waals surface area contributed by atoms with E-state index in [4.69, 9.17) is 0 Å². The Kier molecular flexibility index (Phi) is 4.32. The van der Waals surface area contributed by atoms with Gasteiger partial charge in [-0.25, -0.2) is 4.98 Å². The van der Waals surface area contributed by atoms with E-state index in [1.807, 2.05) is 6.92 Å². The van der Waals surface area contributed by atoms with E-state index in [9.17, 15) is 18.3 Å². The molecule has 1 aromatic heterocycles. The minimum Gasteiger partial charge on any atom is -0.393 e. The van der Waals surface area contributed by atoms with E-state index in [-0.39, 0.29) is 23.9 Å². The lowest BCUT2D eigenvalue weighted by Gasteiger charge is -2.32. The Morgan fingerprint density at radius 3 is 2.60 bits per heavy atom. The monoisotopic (exact) mass is 290 g/mol. The number of aliphatic hydroxyl groups is 1. The average molecular weight is 290 g/mol. The van der Waals surface area contributed by atoms with Crippen molar-refractivity contribution in [2.45, 2.75) is 44.5 Å². The average Bonchev–Trinajstić information content (AvgIpc) is 2.33. The van der Waals surface area contributed by atoms with Crippen molar-refractivity contribution in [2.24, 2.45) is 0 Å². The Hall–Kier alpha value is -1.57. The molecule has 8 heteroatoms. The molecule has 1 aliphatic carbocycles. The number of alkyl halides is 3. The second-order valence-corrected chi connectivity index (χ2v) is 4.85. The summed E-state index contributed by atoms with van der Waals surface area (Å²) in [4.78, 5) is 7.49. The SMILES string of the molecule is CCCNc1nc(NC2CC(O)C2)cc(C(F)(F)F)n1. The molecule has 1 heterocycles. The van der Waals surface area contributed by atoms with Crippen LogP contribution < -0.4 is 10.6 Å². The van der Waals surface area contributed by atoms with Gasteiger partial charge in [0.1, 0.15) is 5.82 Å². The maximum absolute atomic E-state index is 12.8. The number of halogens is 3. The van der Waals surface area contributed by atoms with Crippen LogP contribution in [0.3, 0.4) is 0 Å². The molecule has 0 amide bonds. The van der Waals surface area contributed by atoms with Crippen molar-refractivity contribution in [3.8, 4) is 0 Å². The van der Waals surface area contributed by atoms with Crippen molar-refractivity contribution in [3.63, 3.8) is 0 Å². The number of hydrogen-bond donors (Lipinski definition) is 3. The van der Waals surface area contributed by atoms with Gasteiger partial charge in [-0.3, -0.25) is 0 Å². The summed E-state index contributed by atoms with van der Waals surface area (Å²) in [7, 11) is 0. The van der Waals surface area contributed by atoms with Gasteiger partial charge in [0.2, 0.25) is 5.95 Å². The molecular weight excluding hydrogens is 273 g/mol. The number of aliphatic hydroxyl groups excluding tert-OH is 1. The second kappa shape index (κ2) is 5.82. The van der Waals surface area contributed by atoms with Gasteiger partial charge >= 0.3 is 6.18 Å². The van der Waals surface area contributed by atoms with Gasteiger partial charge in [0.15, 0.2) is 5.69 Å². The van der Waals surface area contributed by atoms with Gasteiger partial charge in [0, 0.05) is 18.7 Å². The third-order valence-corrected chi connectivity index (χ3v) is 3.01. The van der Waals surface area contributed by atoms with Crippen LogP contribution in [0, 0.1) is 0 Å². The lowest BCUT2D eigenvalue weighted by molar-refractivity contribution is -0.141. The van der Waals surface area contributed by atoms with Gasteiger partial charge in [-0.15, -0.1) is 0 Å². The third-order valence-electron chi connectivity index (χ3n) is 3.01. The van der Waals surface area contributed by atoms with Crippen LogP contribution in [0.15, 0.2) is 6.07 Å². The number of anilines is 2. The lowest BCUT2D eigenvalue weighted by Crippen LogP contribution is -2.39. The number of nitrogens with one attached hydrogen (secondary N) is 2. The second-order valence-electron chi connectivity index (χ2n) is 4.85. The van der Waals surface area contributed by atoms with Crippen LogP contribution in [0.5, 0.6) is 0 Å². The summed E-state index contributed by atoms with van der Waals surface area (Å²) in [6.07, 6.45) is -3.10. The zero-order chi connectivity index (χ0) is 14.8. The summed E-state index contributed by atoms with van der Waals surface area (Å²) in [5, 5.41) is 14.8. The van der Waals surface area contributed by atoms with Crippen LogP contribution >= 0.6 is 0 Å². The van der Waals surface area contributed by atoms with E-state index >= 15 is 0 Å². The molecule has 0 aliphatic heterocycles. The molecule has 0 aromatic carbocycles. The first-order valence-corrected chi connectivity index (χ1v) is 6.53. The predicted molar refractivity (Wildman–Crippen MR) is 68.5 cm³/mol. The van der Waals surface area contributed by atoms with Gasteiger partial charge in [-0.05, 0) is 19.3 Å². The molecular formula is C12H17F3N4O. The zero-order valence-corrected chi connectivity index (χ0v) is 11.0. The smallest absolute Gasteiger partial charge is 0.393 e. The van der Waals surface area contributed by atoms with E-state index in [1.54, 1.807) is 0 Å². The highest BCUT2D eigenvalue weighted by Gasteiger charge is 2.34. The number of rotatable bonds is 5. The Bertz CT molecular complexity index is 461. The Balaban J connectivity index is 2.16.